The standard InChI is InChI=1S/C22H26ClN3OS/c1-13-21(28-14(2)24-13)12-26-11-16-10-25(8-7-20(16)26)22(27)19-9-18(19)15-3-5-17(23)6-4-15/h3-6,16,18-20H,7-12H2,1-2H3/t16-,18-,19+,20+/m0/s1. The van der Waals surface area contributed by atoms with Crippen LogP contribution in [0, 0.1) is 25.7 Å². The summed E-state index contributed by atoms with van der Waals surface area (Å²) in [6, 6.07) is 8.63. The van der Waals surface area contributed by atoms with Crippen LogP contribution < -0.4 is 0 Å². The summed E-state index contributed by atoms with van der Waals surface area (Å²) >= 11 is 7.81. The fourth-order valence-electron chi connectivity index (χ4n) is 5.05. The van der Waals surface area contributed by atoms with Crippen molar-refractivity contribution in [3.8, 4) is 0 Å². The lowest BCUT2D eigenvalue weighted by Gasteiger charge is -2.53. The number of carbonyl (C=O) groups excluding carboxylic acids is 1. The topological polar surface area (TPSA) is 36.4 Å². The van der Waals surface area contributed by atoms with Gasteiger partial charge in [-0.15, -0.1) is 11.3 Å². The van der Waals surface area contributed by atoms with Gasteiger partial charge in [0.05, 0.1) is 10.7 Å². The highest BCUT2D eigenvalue weighted by Crippen LogP contribution is 2.49. The lowest BCUT2D eigenvalue weighted by molar-refractivity contribution is -0.139. The number of aromatic nitrogens is 1. The molecule has 1 amide bonds. The molecule has 148 valence electrons. The number of fused-ring (bicyclic) bond motifs is 1. The van der Waals surface area contributed by atoms with Crippen molar-refractivity contribution in [2.24, 2.45) is 11.8 Å². The number of halogens is 1. The zero-order valence-electron chi connectivity index (χ0n) is 16.4. The fourth-order valence-corrected chi connectivity index (χ4v) is 6.13. The summed E-state index contributed by atoms with van der Waals surface area (Å²) in [7, 11) is 0. The van der Waals surface area contributed by atoms with Crippen LogP contribution in [0.1, 0.15) is 39.9 Å². The van der Waals surface area contributed by atoms with Crippen molar-refractivity contribution in [2.45, 2.75) is 45.2 Å². The first-order valence-corrected chi connectivity index (χ1v) is 11.4. The number of rotatable bonds is 4. The molecule has 5 rings (SSSR count). The zero-order valence-corrected chi connectivity index (χ0v) is 18.0. The van der Waals surface area contributed by atoms with E-state index in [-0.39, 0.29) is 5.92 Å². The molecule has 1 saturated carbocycles. The summed E-state index contributed by atoms with van der Waals surface area (Å²) < 4.78 is 0. The van der Waals surface area contributed by atoms with Gasteiger partial charge in [-0.3, -0.25) is 9.69 Å². The average Bonchev–Trinajstić information content (AvgIpc) is 3.38. The van der Waals surface area contributed by atoms with E-state index in [1.165, 1.54) is 16.1 Å². The minimum atomic E-state index is 0.178. The van der Waals surface area contributed by atoms with Gasteiger partial charge in [0.15, 0.2) is 0 Å². The van der Waals surface area contributed by atoms with Crippen molar-refractivity contribution in [3.05, 3.63) is 50.4 Å². The van der Waals surface area contributed by atoms with Crippen molar-refractivity contribution in [3.63, 3.8) is 0 Å². The highest BCUT2D eigenvalue weighted by Gasteiger charge is 2.49. The molecule has 1 aliphatic carbocycles. The van der Waals surface area contributed by atoms with Crippen LogP contribution in [0.4, 0.5) is 0 Å². The summed E-state index contributed by atoms with van der Waals surface area (Å²) in [5.41, 5.74) is 2.43. The first-order valence-electron chi connectivity index (χ1n) is 10.2. The normalized spacial score (nSPS) is 29.3. The molecule has 1 aromatic carbocycles. The van der Waals surface area contributed by atoms with Gasteiger partial charge >= 0.3 is 0 Å². The second kappa shape index (κ2) is 7.12. The van der Waals surface area contributed by atoms with E-state index in [9.17, 15) is 4.79 Å². The lowest BCUT2D eigenvalue weighted by Crippen LogP contribution is -2.63. The number of hydrogen-bond acceptors (Lipinski definition) is 4. The predicted molar refractivity (Wildman–Crippen MR) is 113 cm³/mol. The molecule has 2 saturated heterocycles. The molecule has 2 aromatic rings. The van der Waals surface area contributed by atoms with Gasteiger partial charge in [0.1, 0.15) is 0 Å². The van der Waals surface area contributed by atoms with E-state index < -0.39 is 0 Å². The molecule has 0 radical (unpaired) electrons. The number of thiazole rings is 1. The molecular formula is C22H26ClN3OS. The summed E-state index contributed by atoms with van der Waals surface area (Å²) in [6.07, 6.45) is 2.09. The first kappa shape index (κ1) is 18.6. The minimum Gasteiger partial charge on any atom is -0.342 e. The Morgan fingerprint density at radius 1 is 1.25 bits per heavy atom. The van der Waals surface area contributed by atoms with E-state index in [4.69, 9.17) is 11.6 Å². The molecule has 3 fully saturated rings. The number of benzene rings is 1. The van der Waals surface area contributed by atoms with E-state index in [0.717, 1.165) is 49.1 Å². The molecule has 1 aromatic heterocycles. The molecule has 3 heterocycles. The summed E-state index contributed by atoms with van der Waals surface area (Å²) in [4.78, 5) is 23.7. The zero-order chi connectivity index (χ0) is 19.4. The molecule has 2 aliphatic heterocycles. The first-order chi connectivity index (χ1) is 13.5. The highest BCUT2D eigenvalue weighted by atomic mass is 35.5. The molecule has 3 aliphatic rings. The smallest absolute Gasteiger partial charge is 0.226 e. The van der Waals surface area contributed by atoms with Crippen LogP contribution >= 0.6 is 22.9 Å². The maximum Gasteiger partial charge on any atom is 0.226 e. The van der Waals surface area contributed by atoms with Gasteiger partial charge in [-0.2, -0.15) is 0 Å². The number of aryl methyl sites for hydroxylation is 2. The van der Waals surface area contributed by atoms with E-state index in [1.807, 2.05) is 23.5 Å². The van der Waals surface area contributed by atoms with Gasteiger partial charge in [-0.25, -0.2) is 4.98 Å². The van der Waals surface area contributed by atoms with Gasteiger partial charge in [0.25, 0.3) is 0 Å². The third kappa shape index (κ3) is 3.38. The van der Waals surface area contributed by atoms with E-state index in [1.54, 1.807) is 0 Å². The highest BCUT2D eigenvalue weighted by molar-refractivity contribution is 7.11. The van der Waals surface area contributed by atoms with Crippen molar-refractivity contribution in [1.29, 1.82) is 0 Å². The van der Waals surface area contributed by atoms with E-state index in [2.05, 4.69) is 40.8 Å². The molecule has 4 atom stereocenters. The Morgan fingerprint density at radius 2 is 2.04 bits per heavy atom. The second-order valence-electron chi connectivity index (χ2n) is 8.57. The van der Waals surface area contributed by atoms with E-state index in [0.29, 0.717) is 23.8 Å². The number of likely N-dealkylation sites (tertiary alicyclic amines) is 2. The lowest BCUT2D eigenvalue weighted by atomic mass is 9.82. The summed E-state index contributed by atoms with van der Waals surface area (Å²) in [5.74, 6) is 1.57. The maximum absolute atomic E-state index is 13.0. The van der Waals surface area contributed by atoms with Crippen molar-refractivity contribution >= 4 is 28.8 Å². The maximum atomic E-state index is 13.0. The summed E-state index contributed by atoms with van der Waals surface area (Å²) in [6.45, 7) is 8.17. The van der Waals surface area contributed by atoms with Crippen LogP contribution in [-0.4, -0.2) is 46.4 Å². The second-order valence-corrected chi connectivity index (χ2v) is 10.3. The Balaban J connectivity index is 1.15. The van der Waals surface area contributed by atoms with Gasteiger partial charge in [-0.05, 0) is 50.3 Å². The Bertz CT molecular complexity index is 896. The quantitative estimate of drug-likeness (QED) is 0.748. The molecule has 0 spiro atoms. The SMILES string of the molecule is Cc1nc(C)c(CN2C[C@@H]3CN(C(=O)[C@@H]4C[C@H]4c4ccc(Cl)cc4)CC[C@H]32)s1. The minimum absolute atomic E-state index is 0.178. The van der Waals surface area contributed by atoms with Crippen LogP contribution in [0.5, 0.6) is 0 Å². The van der Waals surface area contributed by atoms with Crippen molar-refractivity contribution < 1.29 is 4.79 Å². The summed E-state index contributed by atoms with van der Waals surface area (Å²) in [5, 5.41) is 1.91. The molecule has 4 nitrogen and oxygen atoms in total. The molecule has 0 N–H and O–H groups in total. The van der Waals surface area contributed by atoms with Crippen LogP contribution in [0.2, 0.25) is 5.02 Å². The third-order valence-corrected chi connectivity index (χ3v) is 8.01. The Labute approximate surface area is 175 Å². The van der Waals surface area contributed by atoms with Crippen LogP contribution in [0.15, 0.2) is 24.3 Å². The number of hydrogen-bond donors (Lipinski definition) is 0. The Hall–Kier alpha value is -1.43. The van der Waals surface area contributed by atoms with Gasteiger partial charge in [0.2, 0.25) is 5.91 Å². The van der Waals surface area contributed by atoms with E-state index >= 15 is 0 Å². The molecular weight excluding hydrogens is 390 g/mol. The number of piperidine rings is 1. The Kier molecular flexibility index (Phi) is 4.73. The van der Waals surface area contributed by atoms with Crippen LogP contribution in [0.25, 0.3) is 0 Å². The van der Waals surface area contributed by atoms with Crippen LogP contribution in [-0.2, 0) is 11.3 Å². The number of nitrogens with zero attached hydrogens (tertiary/aromatic N) is 3. The molecule has 28 heavy (non-hydrogen) atoms. The predicted octanol–water partition coefficient (Wildman–Crippen LogP) is 4.25. The van der Waals surface area contributed by atoms with Crippen molar-refractivity contribution in [2.75, 3.05) is 19.6 Å². The fraction of sp³-hybridized carbons (Fsp3) is 0.545. The third-order valence-electron chi connectivity index (χ3n) is 6.70. The van der Waals surface area contributed by atoms with Gasteiger partial charge in [-0.1, -0.05) is 23.7 Å². The van der Waals surface area contributed by atoms with Gasteiger partial charge < -0.3 is 4.90 Å². The number of carbonyl (C=O) groups is 1. The van der Waals surface area contributed by atoms with Gasteiger partial charge in [0, 0.05) is 54.0 Å². The Morgan fingerprint density at radius 3 is 2.71 bits per heavy atom. The number of amides is 1. The largest absolute Gasteiger partial charge is 0.342 e. The average molecular weight is 416 g/mol. The van der Waals surface area contributed by atoms with Crippen LogP contribution in [0.3, 0.4) is 0 Å². The van der Waals surface area contributed by atoms with Crippen molar-refractivity contribution in [1.82, 2.24) is 14.8 Å². The monoisotopic (exact) mass is 415 g/mol. The molecule has 0 unspecified atom stereocenters. The molecule has 0 bridgehead atoms. The molecule has 6 heteroatoms.